The Bertz CT molecular complexity index is 1080. The quantitative estimate of drug-likeness (QED) is 0.798. The molecule has 3 fully saturated rings. The highest BCUT2D eigenvalue weighted by Crippen LogP contribution is 2.47. The van der Waals surface area contributed by atoms with Gasteiger partial charge in [-0.15, -0.1) is 0 Å². The van der Waals surface area contributed by atoms with Crippen LogP contribution >= 0.6 is 0 Å². The molecule has 29 heavy (non-hydrogen) atoms. The first kappa shape index (κ1) is 18.4. The highest BCUT2D eigenvalue weighted by atomic mass is 19.1. The number of carboxylic acids is 1. The van der Waals surface area contributed by atoms with Gasteiger partial charge >= 0.3 is 5.97 Å². The SMILES string of the molecule is COc1c(N2CC[C@@H](C3(N)CC3)C2)ccc2c(=O)c(C(=O)O)cn([C@@H]3C[C@@H]3F)c12. The Balaban J connectivity index is 1.67. The highest BCUT2D eigenvalue weighted by Gasteiger charge is 2.48. The summed E-state index contributed by atoms with van der Waals surface area (Å²) in [5, 5.41) is 9.66. The number of rotatable bonds is 5. The second-order valence-corrected chi connectivity index (χ2v) is 8.58. The van der Waals surface area contributed by atoms with Crippen LogP contribution in [0.1, 0.15) is 42.1 Å². The fourth-order valence-electron chi connectivity index (χ4n) is 4.71. The van der Waals surface area contributed by atoms with Gasteiger partial charge in [0.2, 0.25) is 5.43 Å². The molecule has 2 saturated carbocycles. The zero-order valence-corrected chi connectivity index (χ0v) is 16.2. The molecule has 2 aliphatic carbocycles. The number of halogens is 1. The molecule has 3 N–H and O–H groups in total. The molecule has 0 bridgehead atoms. The largest absolute Gasteiger partial charge is 0.492 e. The van der Waals surface area contributed by atoms with Crippen LogP contribution in [-0.2, 0) is 0 Å². The van der Waals surface area contributed by atoms with Crippen molar-refractivity contribution in [1.29, 1.82) is 0 Å². The van der Waals surface area contributed by atoms with Crippen molar-refractivity contribution in [3.63, 3.8) is 0 Å². The topological polar surface area (TPSA) is 97.8 Å². The van der Waals surface area contributed by atoms with Crippen LogP contribution in [0.2, 0.25) is 0 Å². The lowest BCUT2D eigenvalue weighted by molar-refractivity contribution is 0.0694. The molecule has 1 aromatic carbocycles. The van der Waals surface area contributed by atoms with E-state index < -0.39 is 23.6 Å². The monoisotopic (exact) mass is 401 g/mol. The molecule has 5 rings (SSSR count). The van der Waals surface area contributed by atoms with Crippen molar-refractivity contribution in [2.45, 2.75) is 43.4 Å². The maximum atomic E-state index is 13.9. The summed E-state index contributed by atoms with van der Waals surface area (Å²) in [6.45, 7) is 1.64. The van der Waals surface area contributed by atoms with Gasteiger partial charge in [0, 0.05) is 31.2 Å². The lowest BCUT2D eigenvalue weighted by Gasteiger charge is -2.25. The van der Waals surface area contributed by atoms with E-state index in [9.17, 15) is 19.1 Å². The number of nitrogens with zero attached hydrogens (tertiary/aromatic N) is 2. The normalized spacial score (nSPS) is 27.3. The first-order chi connectivity index (χ1) is 13.8. The second kappa shape index (κ2) is 6.19. The molecule has 2 heterocycles. The maximum absolute atomic E-state index is 13.9. The number of hydrogen-bond donors (Lipinski definition) is 2. The first-order valence-corrected chi connectivity index (χ1v) is 10.0. The minimum absolute atomic E-state index is 0.0627. The van der Waals surface area contributed by atoms with Crippen LogP contribution in [0.15, 0.2) is 23.1 Å². The van der Waals surface area contributed by atoms with Crippen molar-refractivity contribution in [1.82, 2.24) is 4.57 Å². The Labute approximate surface area is 166 Å². The summed E-state index contributed by atoms with van der Waals surface area (Å²) in [6, 6.07) is 2.96. The lowest BCUT2D eigenvalue weighted by atomic mass is 9.97. The van der Waals surface area contributed by atoms with Crippen LogP contribution < -0.4 is 20.8 Å². The van der Waals surface area contributed by atoms with Crippen LogP contribution in [0.5, 0.6) is 5.75 Å². The molecule has 154 valence electrons. The van der Waals surface area contributed by atoms with Gasteiger partial charge in [-0.1, -0.05) is 0 Å². The van der Waals surface area contributed by atoms with E-state index in [1.807, 2.05) is 0 Å². The van der Waals surface area contributed by atoms with Crippen LogP contribution in [0, 0.1) is 5.92 Å². The number of fused-ring (bicyclic) bond motifs is 1. The summed E-state index contributed by atoms with van der Waals surface area (Å²) >= 11 is 0. The number of benzene rings is 1. The molecule has 7 nitrogen and oxygen atoms in total. The van der Waals surface area contributed by atoms with Gasteiger partial charge in [0.25, 0.3) is 0 Å². The molecule has 0 unspecified atom stereocenters. The van der Waals surface area contributed by atoms with Crippen LogP contribution in [-0.4, -0.2) is 47.6 Å². The van der Waals surface area contributed by atoms with E-state index in [1.54, 1.807) is 16.7 Å². The molecular formula is C21H24FN3O4. The van der Waals surface area contributed by atoms with E-state index in [1.165, 1.54) is 13.3 Å². The Morgan fingerprint density at radius 1 is 1.38 bits per heavy atom. The van der Waals surface area contributed by atoms with Crippen LogP contribution in [0.25, 0.3) is 10.9 Å². The molecule has 3 atom stereocenters. The molecule has 1 aromatic heterocycles. The van der Waals surface area contributed by atoms with Crippen LogP contribution in [0.4, 0.5) is 10.1 Å². The second-order valence-electron chi connectivity index (χ2n) is 8.58. The summed E-state index contributed by atoms with van der Waals surface area (Å²) in [4.78, 5) is 26.5. The van der Waals surface area contributed by atoms with Gasteiger partial charge in [-0.2, -0.15) is 0 Å². The zero-order chi connectivity index (χ0) is 20.5. The number of anilines is 1. The fraction of sp³-hybridized carbons (Fsp3) is 0.524. The van der Waals surface area contributed by atoms with Gasteiger partial charge in [-0.3, -0.25) is 4.79 Å². The van der Waals surface area contributed by atoms with E-state index in [0.29, 0.717) is 23.6 Å². The number of carboxylic acid groups (broad SMARTS) is 1. The van der Waals surface area contributed by atoms with Crippen molar-refractivity contribution in [3.8, 4) is 5.75 Å². The van der Waals surface area contributed by atoms with E-state index >= 15 is 0 Å². The zero-order valence-electron chi connectivity index (χ0n) is 16.2. The van der Waals surface area contributed by atoms with Crippen molar-refractivity contribution in [2.24, 2.45) is 11.7 Å². The minimum atomic E-state index is -1.31. The van der Waals surface area contributed by atoms with Crippen LogP contribution in [0.3, 0.4) is 0 Å². The molecule has 3 aliphatic rings. The molecule has 8 heteroatoms. The fourth-order valence-corrected chi connectivity index (χ4v) is 4.71. The number of aromatic carboxylic acids is 1. The molecule has 0 radical (unpaired) electrons. The van der Waals surface area contributed by atoms with Crippen molar-refractivity contribution in [3.05, 3.63) is 34.1 Å². The third-order valence-electron chi connectivity index (χ3n) is 6.77. The molecule has 1 saturated heterocycles. The number of alkyl halides is 1. The van der Waals surface area contributed by atoms with E-state index in [0.717, 1.165) is 38.0 Å². The number of hydrogen-bond acceptors (Lipinski definition) is 5. The molecule has 0 amide bonds. The summed E-state index contributed by atoms with van der Waals surface area (Å²) < 4.78 is 21.2. The summed E-state index contributed by atoms with van der Waals surface area (Å²) in [5.41, 5.74) is 6.70. The maximum Gasteiger partial charge on any atom is 0.341 e. The predicted molar refractivity (Wildman–Crippen MR) is 107 cm³/mol. The average molecular weight is 401 g/mol. The van der Waals surface area contributed by atoms with Crippen molar-refractivity contribution < 1.29 is 19.0 Å². The minimum Gasteiger partial charge on any atom is -0.492 e. The number of pyridine rings is 1. The third kappa shape index (κ3) is 2.80. The smallest absolute Gasteiger partial charge is 0.341 e. The summed E-state index contributed by atoms with van der Waals surface area (Å²) in [6.07, 6.45) is 3.60. The Morgan fingerprint density at radius 3 is 2.69 bits per heavy atom. The highest BCUT2D eigenvalue weighted by molar-refractivity contribution is 5.97. The Morgan fingerprint density at radius 2 is 2.10 bits per heavy atom. The molecular weight excluding hydrogens is 377 g/mol. The Kier molecular flexibility index (Phi) is 3.93. The van der Waals surface area contributed by atoms with E-state index in [4.69, 9.17) is 10.5 Å². The predicted octanol–water partition coefficient (Wildman–Crippen LogP) is 2.31. The van der Waals surface area contributed by atoms with Gasteiger partial charge in [-0.25, -0.2) is 9.18 Å². The molecule has 1 aliphatic heterocycles. The summed E-state index contributed by atoms with van der Waals surface area (Å²) in [7, 11) is 1.52. The number of nitrogens with two attached hydrogens (primary N) is 1. The lowest BCUT2D eigenvalue weighted by Crippen LogP contribution is -2.34. The van der Waals surface area contributed by atoms with Gasteiger partial charge in [0.1, 0.15) is 11.7 Å². The van der Waals surface area contributed by atoms with E-state index in [2.05, 4.69) is 4.90 Å². The van der Waals surface area contributed by atoms with Gasteiger partial charge in [0.15, 0.2) is 5.75 Å². The number of ether oxygens (including phenoxy) is 1. The molecule has 2 aromatic rings. The van der Waals surface area contributed by atoms with Gasteiger partial charge in [-0.05, 0) is 37.3 Å². The third-order valence-corrected chi connectivity index (χ3v) is 6.77. The summed E-state index contributed by atoms with van der Waals surface area (Å²) in [5.74, 6) is -0.416. The van der Waals surface area contributed by atoms with Crippen molar-refractivity contribution >= 4 is 22.6 Å². The number of carbonyl (C=O) groups is 1. The number of aromatic nitrogens is 1. The van der Waals surface area contributed by atoms with Crippen molar-refractivity contribution in [2.75, 3.05) is 25.1 Å². The standard InChI is InChI=1S/C21H24FN3O4/c1-29-19-15(24-7-4-11(9-24)21(23)5-6-21)3-2-12-17(19)25(16-8-14(16)22)10-13(18(12)26)20(27)28/h2-3,10-11,14,16H,4-9,23H2,1H3,(H,27,28)/t11-,14+,16-/m1/s1. The average Bonchev–Trinajstić information content (AvgIpc) is 3.56. The first-order valence-electron chi connectivity index (χ1n) is 10.0. The Hall–Kier alpha value is -2.61. The van der Waals surface area contributed by atoms with Gasteiger partial charge in [0.05, 0.1) is 29.7 Å². The van der Waals surface area contributed by atoms with E-state index in [-0.39, 0.29) is 16.5 Å². The number of methoxy groups -OCH3 is 1. The van der Waals surface area contributed by atoms with Gasteiger partial charge < -0.3 is 25.0 Å². The molecule has 0 spiro atoms.